The van der Waals surface area contributed by atoms with Crippen LogP contribution in [0.3, 0.4) is 0 Å². The highest BCUT2D eigenvalue weighted by molar-refractivity contribution is 7.13. The smallest absolute Gasteiger partial charge is 0.294 e. The second kappa shape index (κ2) is 6.48. The summed E-state index contributed by atoms with van der Waals surface area (Å²) >= 11 is 1.56. The molecule has 0 spiro atoms. The van der Waals surface area contributed by atoms with Crippen LogP contribution in [0.5, 0.6) is 5.19 Å². The lowest BCUT2D eigenvalue weighted by Crippen LogP contribution is -2.28. The molecule has 0 amide bonds. The highest BCUT2D eigenvalue weighted by atomic mass is 32.1. The Kier molecular flexibility index (Phi) is 4.95. The van der Waals surface area contributed by atoms with E-state index in [-0.39, 0.29) is 0 Å². The molecule has 0 aromatic carbocycles. The average Bonchev–Trinajstić information content (AvgIpc) is 2.77. The standard InChI is InChI=1S/C13H23N3OS/c1-9(2)14-8-12-15-16-13(18-12)17-11-7-5-4-6-10(11)3/h9-11,14H,4-8H2,1-3H3. The van der Waals surface area contributed by atoms with E-state index in [0.717, 1.165) is 23.2 Å². The Bertz CT molecular complexity index is 367. The van der Waals surface area contributed by atoms with Crippen LogP contribution >= 0.6 is 11.3 Å². The third kappa shape index (κ3) is 3.92. The number of nitrogens with zero attached hydrogens (tertiary/aromatic N) is 2. The molecule has 1 aliphatic carbocycles. The number of aromatic nitrogens is 2. The fraction of sp³-hybridized carbons (Fsp3) is 0.846. The first-order chi connectivity index (χ1) is 8.65. The van der Waals surface area contributed by atoms with Crippen molar-refractivity contribution in [3.8, 4) is 5.19 Å². The zero-order valence-corrected chi connectivity index (χ0v) is 12.3. The summed E-state index contributed by atoms with van der Waals surface area (Å²) in [6, 6.07) is 0.469. The van der Waals surface area contributed by atoms with E-state index in [9.17, 15) is 0 Å². The molecule has 1 saturated carbocycles. The third-order valence-electron chi connectivity index (χ3n) is 3.39. The molecule has 2 atom stereocenters. The predicted octanol–water partition coefficient (Wildman–Crippen LogP) is 2.99. The van der Waals surface area contributed by atoms with Crippen LogP contribution in [-0.2, 0) is 6.54 Å². The number of ether oxygens (including phenoxy) is 1. The molecule has 0 radical (unpaired) electrons. The van der Waals surface area contributed by atoms with Gasteiger partial charge in [0.2, 0.25) is 0 Å². The van der Waals surface area contributed by atoms with Gasteiger partial charge < -0.3 is 10.1 Å². The summed E-state index contributed by atoms with van der Waals surface area (Å²) in [7, 11) is 0. The Balaban J connectivity index is 1.85. The predicted molar refractivity (Wildman–Crippen MR) is 73.9 cm³/mol. The number of hydrogen-bond donors (Lipinski definition) is 1. The van der Waals surface area contributed by atoms with Crippen LogP contribution in [0.4, 0.5) is 0 Å². The second-order valence-electron chi connectivity index (χ2n) is 5.42. The number of hydrogen-bond acceptors (Lipinski definition) is 5. The Morgan fingerprint density at radius 1 is 1.33 bits per heavy atom. The third-order valence-corrected chi connectivity index (χ3v) is 4.21. The van der Waals surface area contributed by atoms with E-state index in [1.807, 2.05) is 0 Å². The minimum Gasteiger partial charge on any atom is -0.465 e. The molecule has 2 unspecified atom stereocenters. The maximum atomic E-state index is 5.97. The molecule has 0 aliphatic heterocycles. The van der Waals surface area contributed by atoms with Gasteiger partial charge >= 0.3 is 0 Å². The Hall–Kier alpha value is -0.680. The van der Waals surface area contributed by atoms with Crippen molar-refractivity contribution in [1.82, 2.24) is 15.5 Å². The lowest BCUT2D eigenvalue weighted by atomic mass is 9.88. The second-order valence-corrected chi connectivity index (χ2v) is 6.44. The molecular formula is C13H23N3OS. The first-order valence-corrected chi connectivity index (χ1v) is 7.69. The fourth-order valence-electron chi connectivity index (χ4n) is 2.24. The SMILES string of the molecule is CC(C)NCc1nnc(OC2CCCCC2C)s1. The Labute approximate surface area is 113 Å². The molecule has 1 N–H and O–H groups in total. The number of nitrogens with one attached hydrogen (secondary N) is 1. The minimum atomic E-state index is 0.331. The van der Waals surface area contributed by atoms with Gasteiger partial charge in [-0.05, 0) is 25.2 Å². The van der Waals surface area contributed by atoms with Crippen LogP contribution in [0, 0.1) is 5.92 Å². The van der Waals surface area contributed by atoms with Crippen LogP contribution in [-0.4, -0.2) is 22.3 Å². The van der Waals surface area contributed by atoms with Crippen LogP contribution < -0.4 is 10.1 Å². The van der Waals surface area contributed by atoms with Crippen molar-refractivity contribution < 1.29 is 4.74 Å². The lowest BCUT2D eigenvalue weighted by molar-refractivity contribution is 0.101. The zero-order valence-electron chi connectivity index (χ0n) is 11.5. The van der Waals surface area contributed by atoms with E-state index in [2.05, 4.69) is 36.3 Å². The molecule has 102 valence electrons. The average molecular weight is 269 g/mol. The maximum Gasteiger partial charge on any atom is 0.294 e. The Morgan fingerprint density at radius 3 is 2.83 bits per heavy atom. The molecule has 1 aromatic heterocycles. The molecule has 1 fully saturated rings. The van der Waals surface area contributed by atoms with Gasteiger partial charge in [0.25, 0.3) is 5.19 Å². The van der Waals surface area contributed by atoms with Gasteiger partial charge in [-0.1, -0.05) is 43.6 Å². The van der Waals surface area contributed by atoms with Crippen LogP contribution in [0.25, 0.3) is 0 Å². The van der Waals surface area contributed by atoms with Gasteiger partial charge in [0.1, 0.15) is 11.1 Å². The van der Waals surface area contributed by atoms with Crippen molar-refractivity contribution in [3.63, 3.8) is 0 Å². The fourth-order valence-corrected chi connectivity index (χ4v) is 2.93. The van der Waals surface area contributed by atoms with Crippen molar-refractivity contribution in [1.29, 1.82) is 0 Å². The van der Waals surface area contributed by atoms with E-state index in [1.165, 1.54) is 19.3 Å². The van der Waals surface area contributed by atoms with E-state index >= 15 is 0 Å². The zero-order chi connectivity index (χ0) is 13.0. The summed E-state index contributed by atoms with van der Waals surface area (Å²) in [6.07, 6.45) is 5.36. The number of rotatable bonds is 5. The first kappa shape index (κ1) is 13.7. The van der Waals surface area contributed by atoms with Gasteiger partial charge in [-0.3, -0.25) is 0 Å². The van der Waals surface area contributed by atoms with Crippen molar-refractivity contribution in [3.05, 3.63) is 5.01 Å². The summed E-state index contributed by atoms with van der Waals surface area (Å²) in [4.78, 5) is 0. The van der Waals surface area contributed by atoms with Crippen molar-refractivity contribution in [2.75, 3.05) is 0 Å². The normalized spacial score (nSPS) is 24.4. The first-order valence-electron chi connectivity index (χ1n) is 6.87. The molecule has 2 rings (SSSR count). The Morgan fingerprint density at radius 2 is 2.11 bits per heavy atom. The monoisotopic (exact) mass is 269 g/mol. The van der Waals surface area contributed by atoms with Gasteiger partial charge in [-0.2, -0.15) is 0 Å². The van der Waals surface area contributed by atoms with E-state index in [4.69, 9.17) is 4.74 Å². The molecule has 1 aromatic rings. The van der Waals surface area contributed by atoms with Gasteiger partial charge in [-0.15, -0.1) is 5.10 Å². The molecule has 4 nitrogen and oxygen atoms in total. The summed E-state index contributed by atoms with van der Waals surface area (Å²) in [6.45, 7) is 7.30. The van der Waals surface area contributed by atoms with Gasteiger partial charge in [0.05, 0.1) is 6.54 Å². The lowest BCUT2D eigenvalue weighted by Gasteiger charge is -2.27. The van der Waals surface area contributed by atoms with Crippen LogP contribution in [0.15, 0.2) is 0 Å². The van der Waals surface area contributed by atoms with Gasteiger partial charge in [0, 0.05) is 6.04 Å². The topological polar surface area (TPSA) is 47.0 Å². The molecule has 0 saturated heterocycles. The van der Waals surface area contributed by atoms with E-state index < -0.39 is 0 Å². The largest absolute Gasteiger partial charge is 0.465 e. The summed E-state index contributed by atoms with van der Waals surface area (Å²) < 4.78 is 5.97. The van der Waals surface area contributed by atoms with Crippen LogP contribution in [0.1, 0.15) is 51.5 Å². The molecular weight excluding hydrogens is 246 g/mol. The van der Waals surface area contributed by atoms with Gasteiger partial charge in [-0.25, -0.2) is 0 Å². The maximum absolute atomic E-state index is 5.97. The van der Waals surface area contributed by atoms with Crippen molar-refractivity contribution in [2.45, 2.75) is 65.1 Å². The minimum absolute atomic E-state index is 0.331. The summed E-state index contributed by atoms with van der Waals surface area (Å²) in [5.41, 5.74) is 0. The highest BCUT2D eigenvalue weighted by Gasteiger charge is 2.24. The van der Waals surface area contributed by atoms with Gasteiger partial charge in [0.15, 0.2) is 0 Å². The van der Waals surface area contributed by atoms with Crippen molar-refractivity contribution >= 4 is 11.3 Å². The van der Waals surface area contributed by atoms with E-state index in [0.29, 0.717) is 18.1 Å². The quantitative estimate of drug-likeness (QED) is 0.892. The van der Waals surface area contributed by atoms with Crippen molar-refractivity contribution in [2.24, 2.45) is 5.92 Å². The molecule has 1 heterocycles. The summed E-state index contributed by atoms with van der Waals surface area (Å²) in [5, 5.41) is 13.4. The summed E-state index contributed by atoms with van der Waals surface area (Å²) in [5.74, 6) is 0.639. The molecule has 5 heteroatoms. The molecule has 1 aliphatic rings. The van der Waals surface area contributed by atoms with Crippen LogP contribution in [0.2, 0.25) is 0 Å². The van der Waals surface area contributed by atoms with E-state index in [1.54, 1.807) is 11.3 Å². The molecule has 0 bridgehead atoms. The highest BCUT2D eigenvalue weighted by Crippen LogP contribution is 2.29. The molecule has 18 heavy (non-hydrogen) atoms.